The van der Waals surface area contributed by atoms with Crippen LogP contribution in [0.4, 0.5) is 0 Å². The SMILES string of the molecule is CC(NCCC(C)(C)C)C1CCCN(C)C1. The second kappa shape index (κ2) is 6.02. The highest BCUT2D eigenvalue weighted by molar-refractivity contribution is 4.79. The van der Waals surface area contributed by atoms with Gasteiger partial charge in [0.2, 0.25) is 0 Å². The van der Waals surface area contributed by atoms with Gasteiger partial charge in [-0.2, -0.15) is 0 Å². The van der Waals surface area contributed by atoms with Gasteiger partial charge in [-0.1, -0.05) is 20.8 Å². The summed E-state index contributed by atoms with van der Waals surface area (Å²) in [7, 11) is 2.24. The highest BCUT2D eigenvalue weighted by Crippen LogP contribution is 2.20. The molecule has 0 radical (unpaired) electrons. The lowest BCUT2D eigenvalue weighted by atomic mass is 9.90. The normalized spacial score (nSPS) is 25.7. The molecule has 2 unspecified atom stereocenters. The molecular formula is C14H30N2. The van der Waals surface area contributed by atoms with E-state index in [0.29, 0.717) is 11.5 Å². The maximum atomic E-state index is 3.70. The van der Waals surface area contributed by atoms with E-state index < -0.39 is 0 Å². The third-order valence-corrected chi connectivity index (χ3v) is 3.71. The molecule has 0 spiro atoms. The second-order valence-corrected chi connectivity index (χ2v) is 6.72. The van der Waals surface area contributed by atoms with Gasteiger partial charge in [-0.15, -0.1) is 0 Å². The summed E-state index contributed by atoms with van der Waals surface area (Å²) in [5.74, 6) is 0.846. The summed E-state index contributed by atoms with van der Waals surface area (Å²) in [6.45, 7) is 13.0. The van der Waals surface area contributed by atoms with Crippen LogP contribution >= 0.6 is 0 Å². The fourth-order valence-electron chi connectivity index (χ4n) is 2.46. The summed E-state index contributed by atoms with van der Waals surface area (Å²) >= 11 is 0. The summed E-state index contributed by atoms with van der Waals surface area (Å²) < 4.78 is 0. The van der Waals surface area contributed by atoms with E-state index in [1.807, 2.05) is 0 Å². The van der Waals surface area contributed by atoms with Gasteiger partial charge >= 0.3 is 0 Å². The predicted octanol–water partition coefficient (Wildman–Crippen LogP) is 2.74. The third kappa shape index (κ3) is 5.31. The number of hydrogen-bond acceptors (Lipinski definition) is 2. The molecule has 0 amide bonds. The van der Waals surface area contributed by atoms with Gasteiger partial charge in [-0.3, -0.25) is 0 Å². The quantitative estimate of drug-likeness (QED) is 0.793. The van der Waals surface area contributed by atoms with Crippen molar-refractivity contribution in [1.29, 1.82) is 0 Å². The molecule has 1 saturated heterocycles. The number of rotatable bonds is 4. The Kier molecular flexibility index (Phi) is 5.26. The number of hydrogen-bond donors (Lipinski definition) is 1. The highest BCUT2D eigenvalue weighted by atomic mass is 15.1. The van der Waals surface area contributed by atoms with E-state index in [9.17, 15) is 0 Å². The van der Waals surface area contributed by atoms with E-state index in [0.717, 1.165) is 12.5 Å². The van der Waals surface area contributed by atoms with E-state index in [2.05, 4.69) is 45.0 Å². The van der Waals surface area contributed by atoms with Crippen LogP contribution < -0.4 is 5.32 Å². The smallest absolute Gasteiger partial charge is 0.00792 e. The van der Waals surface area contributed by atoms with Crippen LogP contribution in [0.5, 0.6) is 0 Å². The Labute approximate surface area is 102 Å². The summed E-state index contributed by atoms with van der Waals surface area (Å²) in [5.41, 5.74) is 0.454. The third-order valence-electron chi connectivity index (χ3n) is 3.71. The number of piperidine rings is 1. The minimum absolute atomic E-state index is 0.454. The van der Waals surface area contributed by atoms with E-state index in [4.69, 9.17) is 0 Å². The Morgan fingerprint density at radius 3 is 2.62 bits per heavy atom. The maximum absolute atomic E-state index is 3.70. The molecule has 1 fully saturated rings. The predicted molar refractivity (Wildman–Crippen MR) is 71.8 cm³/mol. The summed E-state index contributed by atoms with van der Waals surface area (Å²) in [4.78, 5) is 2.47. The van der Waals surface area contributed by atoms with Gasteiger partial charge in [-0.25, -0.2) is 0 Å². The van der Waals surface area contributed by atoms with Gasteiger partial charge in [-0.05, 0) is 57.7 Å². The molecule has 1 rings (SSSR count). The summed E-state index contributed by atoms with van der Waals surface area (Å²) in [6.07, 6.45) is 4.03. The van der Waals surface area contributed by atoms with Crippen molar-refractivity contribution in [1.82, 2.24) is 10.2 Å². The first-order valence-corrected chi connectivity index (χ1v) is 6.80. The molecule has 2 atom stereocenters. The zero-order valence-electron chi connectivity index (χ0n) is 11.8. The average Bonchev–Trinajstić information content (AvgIpc) is 2.15. The molecule has 2 heteroatoms. The minimum Gasteiger partial charge on any atom is -0.314 e. The lowest BCUT2D eigenvalue weighted by molar-refractivity contribution is 0.177. The Morgan fingerprint density at radius 1 is 1.38 bits per heavy atom. The van der Waals surface area contributed by atoms with Crippen molar-refractivity contribution < 1.29 is 0 Å². The van der Waals surface area contributed by atoms with Crippen molar-refractivity contribution in [2.45, 2.75) is 53.0 Å². The van der Waals surface area contributed by atoms with Gasteiger partial charge in [0.25, 0.3) is 0 Å². The molecule has 16 heavy (non-hydrogen) atoms. The van der Waals surface area contributed by atoms with Crippen LogP contribution in [0.15, 0.2) is 0 Å². The summed E-state index contributed by atoms with van der Waals surface area (Å²) in [5, 5.41) is 3.70. The topological polar surface area (TPSA) is 15.3 Å². The Bertz CT molecular complexity index is 195. The van der Waals surface area contributed by atoms with Crippen LogP contribution in [-0.4, -0.2) is 37.6 Å². The molecule has 0 bridgehead atoms. The molecular weight excluding hydrogens is 196 g/mol. The van der Waals surface area contributed by atoms with Crippen LogP contribution in [0.25, 0.3) is 0 Å². The van der Waals surface area contributed by atoms with Crippen molar-refractivity contribution in [2.75, 3.05) is 26.7 Å². The van der Waals surface area contributed by atoms with Crippen LogP contribution in [0.3, 0.4) is 0 Å². The first-order valence-electron chi connectivity index (χ1n) is 6.80. The van der Waals surface area contributed by atoms with E-state index in [1.165, 1.54) is 32.4 Å². The molecule has 1 N–H and O–H groups in total. The van der Waals surface area contributed by atoms with Crippen molar-refractivity contribution in [3.63, 3.8) is 0 Å². The number of nitrogens with zero attached hydrogens (tertiary/aromatic N) is 1. The van der Waals surface area contributed by atoms with Gasteiger partial charge in [0, 0.05) is 12.6 Å². The number of likely N-dealkylation sites (tertiary alicyclic amines) is 1. The molecule has 1 aliphatic heterocycles. The van der Waals surface area contributed by atoms with Crippen molar-refractivity contribution in [3.05, 3.63) is 0 Å². The van der Waals surface area contributed by atoms with Crippen LogP contribution in [0.2, 0.25) is 0 Å². The Hall–Kier alpha value is -0.0800. The van der Waals surface area contributed by atoms with Gasteiger partial charge in [0.15, 0.2) is 0 Å². The first kappa shape index (κ1) is 14.0. The van der Waals surface area contributed by atoms with Gasteiger partial charge in [0.1, 0.15) is 0 Å². The molecule has 0 aromatic rings. The lowest BCUT2D eigenvalue weighted by Crippen LogP contribution is -2.43. The monoisotopic (exact) mass is 226 g/mol. The van der Waals surface area contributed by atoms with Gasteiger partial charge < -0.3 is 10.2 Å². The summed E-state index contributed by atoms with van der Waals surface area (Å²) in [6, 6.07) is 0.671. The Morgan fingerprint density at radius 2 is 2.06 bits per heavy atom. The highest BCUT2D eigenvalue weighted by Gasteiger charge is 2.22. The van der Waals surface area contributed by atoms with Crippen molar-refractivity contribution in [2.24, 2.45) is 11.3 Å². The molecule has 1 heterocycles. The zero-order valence-corrected chi connectivity index (χ0v) is 11.8. The van der Waals surface area contributed by atoms with Crippen LogP contribution in [0, 0.1) is 11.3 Å². The molecule has 0 saturated carbocycles. The average molecular weight is 226 g/mol. The largest absolute Gasteiger partial charge is 0.314 e. The van der Waals surface area contributed by atoms with Crippen molar-refractivity contribution in [3.8, 4) is 0 Å². The van der Waals surface area contributed by atoms with E-state index in [-0.39, 0.29) is 0 Å². The van der Waals surface area contributed by atoms with Crippen LogP contribution in [-0.2, 0) is 0 Å². The Balaban J connectivity index is 2.21. The molecule has 1 aliphatic rings. The first-order chi connectivity index (χ1) is 7.38. The molecule has 0 aromatic heterocycles. The molecule has 2 nitrogen and oxygen atoms in total. The van der Waals surface area contributed by atoms with E-state index >= 15 is 0 Å². The van der Waals surface area contributed by atoms with Crippen molar-refractivity contribution >= 4 is 0 Å². The fraction of sp³-hybridized carbons (Fsp3) is 1.00. The fourth-order valence-corrected chi connectivity index (χ4v) is 2.46. The molecule has 0 aliphatic carbocycles. The number of nitrogens with one attached hydrogen (secondary N) is 1. The molecule has 0 aromatic carbocycles. The lowest BCUT2D eigenvalue weighted by Gasteiger charge is -2.34. The zero-order chi connectivity index (χ0) is 12.2. The van der Waals surface area contributed by atoms with Gasteiger partial charge in [0.05, 0.1) is 0 Å². The maximum Gasteiger partial charge on any atom is 0.00792 e. The van der Waals surface area contributed by atoms with Crippen LogP contribution in [0.1, 0.15) is 47.0 Å². The second-order valence-electron chi connectivity index (χ2n) is 6.72. The minimum atomic E-state index is 0.454. The standard InChI is InChI=1S/C14H30N2/c1-12(15-9-8-14(2,3)4)13-7-6-10-16(5)11-13/h12-13,15H,6-11H2,1-5H3. The van der Waals surface area contributed by atoms with E-state index in [1.54, 1.807) is 0 Å². The molecule has 96 valence electrons.